The number of nitrogens with one attached hydrogen (secondary N) is 1. The predicted octanol–water partition coefficient (Wildman–Crippen LogP) is 4.99. The number of hydrogen-bond acceptors (Lipinski definition) is 5. The van der Waals surface area contributed by atoms with Crippen molar-refractivity contribution in [3.63, 3.8) is 0 Å². The predicted molar refractivity (Wildman–Crippen MR) is 121 cm³/mol. The molecule has 2 aliphatic rings. The highest BCUT2D eigenvalue weighted by Gasteiger charge is 2.18. The molecule has 2 heterocycles. The summed E-state index contributed by atoms with van der Waals surface area (Å²) in [6.45, 7) is -1.45. The topological polar surface area (TPSA) is 72.3 Å². The lowest BCUT2D eigenvalue weighted by atomic mass is 9.90. The van der Waals surface area contributed by atoms with E-state index in [2.05, 4.69) is 20.0 Å². The van der Waals surface area contributed by atoms with E-state index in [4.69, 9.17) is 4.74 Å². The number of ether oxygens (including phenoxy) is 2. The molecular formula is C24H25F2N3O3. The summed E-state index contributed by atoms with van der Waals surface area (Å²) in [4.78, 5) is 20.5. The van der Waals surface area contributed by atoms with Gasteiger partial charge in [0, 0.05) is 36.3 Å². The number of hydrogen-bond donors (Lipinski definition) is 1. The molecule has 32 heavy (non-hydrogen) atoms. The van der Waals surface area contributed by atoms with Crippen molar-refractivity contribution < 1.29 is 23.0 Å². The van der Waals surface area contributed by atoms with E-state index >= 15 is 0 Å². The summed E-state index contributed by atoms with van der Waals surface area (Å²) in [5, 5.41) is 5.17. The van der Waals surface area contributed by atoms with Crippen LogP contribution in [0.4, 0.5) is 14.5 Å². The van der Waals surface area contributed by atoms with Gasteiger partial charge in [-0.05, 0) is 48.8 Å². The number of rotatable bonds is 8. The molecule has 1 fully saturated rings. The normalized spacial score (nSPS) is 19.5. The van der Waals surface area contributed by atoms with Crippen LogP contribution in [0.2, 0.25) is 0 Å². The molecule has 1 atom stereocenters. The maximum atomic E-state index is 12.4. The molecule has 2 aromatic carbocycles. The number of aliphatic imine (C=N–C) groups is 2. The third-order valence-corrected chi connectivity index (χ3v) is 5.67. The highest BCUT2D eigenvalue weighted by atomic mass is 19.3. The minimum atomic E-state index is -2.89. The maximum absolute atomic E-state index is 12.4. The Bertz CT molecular complexity index is 1050. The Morgan fingerprint density at radius 3 is 2.72 bits per heavy atom. The second-order valence-electron chi connectivity index (χ2n) is 7.83. The van der Waals surface area contributed by atoms with Gasteiger partial charge in [0.15, 0.2) is 6.29 Å². The lowest BCUT2D eigenvalue weighted by Crippen LogP contribution is -2.19. The number of alkyl halides is 2. The smallest absolute Gasteiger partial charge is 0.388 e. The van der Waals surface area contributed by atoms with Crippen LogP contribution >= 0.6 is 0 Å². The first-order valence-corrected chi connectivity index (χ1v) is 10.7. The van der Waals surface area contributed by atoms with Crippen LogP contribution in [0.25, 0.3) is 10.8 Å². The van der Waals surface area contributed by atoms with Crippen LogP contribution in [0, 0.1) is 5.92 Å². The van der Waals surface area contributed by atoms with Gasteiger partial charge in [0.1, 0.15) is 0 Å². The molecule has 2 aromatic rings. The zero-order valence-corrected chi connectivity index (χ0v) is 17.5. The van der Waals surface area contributed by atoms with Crippen LogP contribution in [0.1, 0.15) is 35.2 Å². The van der Waals surface area contributed by atoms with E-state index < -0.39 is 6.61 Å². The van der Waals surface area contributed by atoms with Crippen molar-refractivity contribution in [3.05, 3.63) is 53.4 Å². The van der Waals surface area contributed by atoms with Crippen LogP contribution in [-0.2, 0) is 15.9 Å². The van der Waals surface area contributed by atoms with E-state index in [0.29, 0.717) is 31.6 Å². The largest absolute Gasteiger partial charge is 0.417 e. The Balaban J connectivity index is 1.55. The van der Waals surface area contributed by atoms with E-state index in [-0.39, 0.29) is 17.8 Å². The standard InChI is InChI=1S/C24H25F2N3O3/c25-24(26)32-22-6-5-16(13-27-22)11-17-12-18(14-30)23(21-4-2-1-3-20(17)21)29-15-28-19-7-9-31-10-8-19/h1-4,6,12-16,19,24H,5,7-11H2,(H,28,29). The number of aldehydes is 1. The van der Waals surface area contributed by atoms with Crippen LogP contribution in [-0.4, -0.2) is 44.7 Å². The van der Waals surface area contributed by atoms with E-state index in [0.717, 1.165) is 41.2 Å². The highest BCUT2D eigenvalue weighted by Crippen LogP contribution is 2.32. The van der Waals surface area contributed by atoms with Crippen molar-refractivity contribution in [1.29, 1.82) is 0 Å². The van der Waals surface area contributed by atoms with Crippen LogP contribution in [0.3, 0.4) is 0 Å². The zero-order valence-electron chi connectivity index (χ0n) is 17.5. The summed E-state index contributed by atoms with van der Waals surface area (Å²) < 4.78 is 34.4. The fourth-order valence-corrected chi connectivity index (χ4v) is 4.07. The number of nitrogens with zero attached hydrogens (tertiary/aromatic N) is 2. The quantitative estimate of drug-likeness (QED) is 0.356. The number of benzene rings is 2. The van der Waals surface area contributed by atoms with Crippen LogP contribution in [0.15, 0.2) is 52.3 Å². The Labute approximate surface area is 185 Å². The Morgan fingerprint density at radius 1 is 1.25 bits per heavy atom. The first kappa shape index (κ1) is 22.1. The van der Waals surface area contributed by atoms with Crippen molar-refractivity contribution in [3.8, 4) is 0 Å². The van der Waals surface area contributed by atoms with E-state index in [1.807, 2.05) is 30.3 Å². The Morgan fingerprint density at radius 2 is 2.03 bits per heavy atom. The molecule has 0 aliphatic carbocycles. The molecule has 1 N–H and O–H groups in total. The van der Waals surface area contributed by atoms with Crippen LogP contribution < -0.4 is 5.32 Å². The molecule has 0 saturated carbocycles. The van der Waals surface area contributed by atoms with Crippen molar-refractivity contribution >= 4 is 35.3 Å². The van der Waals surface area contributed by atoms with Gasteiger partial charge in [-0.3, -0.25) is 9.79 Å². The number of anilines is 1. The van der Waals surface area contributed by atoms with Gasteiger partial charge >= 0.3 is 6.61 Å². The first-order valence-electron chi connectivity index (χ1n) is 10.7. The molecule has 4 rings (SSSR count). The van der Waals surface area contributed by atoms with Gasteiger partial charge in [0.2, 0.25) is 5.88 Å². The van der Waals surface area contributed by atoms with Gasteiger partial charge in [-0.25, -0.2) is 4.99 Å². The first-order chi connectivity index (χ1) is 15.6. The Kier molecular flexibility index (Phi) is 7.21. The molecular weight excluding hydrogens is 416 g/mol. The van der Waals surface area contributed by atoms with Crippen LogP contribution in [0.5, 0.6) is 0 Å². The minimum absolute atomic E-state index is 0.0248. The van der Waals surface area contributed by atoms with Gasteiger partial charge < -0.3 is 14.8 Å². The molecule has 0 amide bonds. The van der Waals surface area contributed by atoms with E-state index in [9.17, 15) is 13.6 Å². The molecule has 0 spiro atoms. The summed E-state index contributed by atoms with van der Waals surface area (Å²) in [5.74, 6) is -0.0325. The fourth-order valence-electron chi connectivity index (χ4n) is 4.07. The highest BCUT2D eigenvalue weighted by molar-refractivity contribution is 6.07. The number of halogens is 2. The average Bonchev–Trinajstić information content (AvgIpc) is 2.81. The second kappa shape index (κ2) is 10.5. The molecule has 8 heteroatoms. The van der Waals surface area contributed by atoms with Crippen molar-refractivity contribution in [2.45, 2.75) is 38.3 Å². The molecule has 0 aromatic heterocycles. The lowest BCUT2D eigenvalue weighted by Gasteiger charge is -2.19. The summed E-state index contributed by atoms with van der Waals surface area (Å²) >= 11 is 0. The van der Waals surface area contributed by atoms with Crippen molar-refractivity contribution in [1.82, 2.24) is 0 Å². The fraction of sp³-hybridized carbons (Fsp3) is 0.375. The molecule has 0 radical (unpaired) electrons. The number of allylic oxidation sites excluding steroid dienone is 1. The van der Waals surface area contributed by atoms with Gasteiger partial charge in [-0.15, -0.1) is 0 Å². The van der Waals surface area contributed by atoms with Gasteiger partial charge in [-0.2, -0.15) is 8.78 Å². The summed E-state index contributed by atoms with van der Waals surface area (Å²) in [6.07, 6.45) is 8.66. The third kappa shape index (κ3) is 5.37. The molecule has 0 bridgehead atoms. The summed E-state index contributed by atoms with van der Waals surface area (Å²) in [7, 11) is 0. The summed E-state index contributed by atoms with van der Waals surface area (Å²) in [6, 6.07) is 9.97. The molecule has 1 unspecified atom stereocenters. The Hall–Kier alpha value is -3.13. The number of fused-ring (bicyclic) bond motifs is 1. The number of carbonyl (C=O) groups excluding carboxylic acids is 1. The maximum Gasteiger partial charge on any atom is 0.388 e. The molecule has 1 saturated heterocycles. The lowest BCUT2D eigenvalue weighted by molar-refractivity contribution is -0.0970. The minimum Gasteiger partial charge on any atom is -0.417 e. The van der Waals surface area contributed by atoms with Crippen molar-refractivity contribution in [2.24, 2.45) is 15.9 Å². The average molecular weight is 441 g/mol. The molecule has 168 valence electrons. The SMILES string of the molecule is O=Cc1cc(CC2C=NC(OC(F)F)=CC2)c2ccccc2c1NC=NC1CCOCC1. The monoisotopic (exact) mass is 441 g/mol. The van der Waals surface area contributed by atoms with Crippen molar-refractivity contribution in [2.75, 3.05) is 18.5 Å². The van der Waals surface area contributed by atoms with E-state index in [1.54, 1.807) is 18.6 Å². The molecule has 2 aliphatic heterocycles. The van der Waals surface area contributed by atoms with Gasteiger partial charge in [0.25, 0.3) is 0 Å². The van der Waals surface area contributed by atoms with E-state index in [1.165, 1.54) is 0 Å². The second-order valence-corrected chi connectivity index (χ2v) is 7.83. The number of carbonyl (C=O) groups is 1. The third-order valence-electron chi connectivity index (χ3n) is 5.67. The molecule has 6 nitrogen and oxygen atoms in total. The zero-order chi connectivity index (χ0) is 22.3. The summed E-state index contributed by atoms with van der Waals surface area (Å²) in [5.41, 5.74) is 2.26. The van der Waals surface area contributed by atoms with Gasteiger partial charge in [-0.1, -0.05) is 24.3 Å². The van der Waals surface area contributed by atoms with Gasteiger partial charge in [0.05, 0.1) is 18.1 Å².